The van der Waals surface area contributed by atoms with E-state index in [0.717, 1.165) is 31.2 Å². The van der Waals surface area contributed by atoms with Crippen molar-refractivity contribution in [1.29, 1.82) is 0 Å². The number of halogens is 1. The number of pyridine rings is 1. The number of nitrogens with one attached hydrogen (secondary N) is 2. The van der Waals surface area contributed by atoms with Gasteiger partial charge in [0.05, 0.1) is 18.3 Å². The second kappa shape index (κ2) is 14.1. The summed E-state index contributed by atoms with van der Waals surface area (Å²) in [6.45, 7) is 11.2. The number of hydrogen-bond acceptors (Lipinski definition) is 8. The van der Waals surface area contributed by atoms with Crippen LogP contribution in [0.2, 0.25) is 0 Å². The summed E-state index contributed by atoms with van der Waals surface area (Å²) in [5, 5.41) is 5.95. The SMILES string of the molecule is CC(C)NC(=O)C1CCC(n2c(NC(=O)c3ccc(F)cc3)nc3cnc(OC4CCN(CC(=O)OC(C)(C)C)CC4)cc32)CC1. The summed E-state index contributed by atoms with van der Waals surface area (Å²) in [5.41, 5.74) is 1.18. The summed E-state index contributed by atoms with van der Waals surface area (Å²) in [6, 6.07) is 7.29. The van der Waals surface area contributed by atoms with Crippen molar-refractivity contribution in [3.8, 4) is 5.88 Å². The van der Waals surface area contributed by atoms with E-state index in [-0.39, 0.29) is 42.5 Å². The molecule has 2 fully saturated rings. The number of amides is 2. The molecule has 3 heterocycles. The van der Waals surface area contributed by atoms with Crippen molar-refractivity contribution in [2.75, 3.05) is 25.0 Å². The Morgan fingerprint density at radius 1 is 1.02 bits per heavy atom. The second-order valence-corrected chi connectivity index (χ2v) is 13.6. The van der Waals surface area contributed by atoms with E-state index in [1.165, 1.54) is 24.3 Å². The van der Waals surface area contributed by atoms with E-state index in [1.54, 1.807) is 6.20 Å². The third-order valence-electron chi connectivity index (χ3n) is 8.34. The highest BCUT2D eigenvalue weighted by Crippen LogP contribution is 2.37. The summed E-state index contributed by atoms with van der Waals surface area (Å²) >= 11 is 0. The lowest BCUT2D eigenvalue weighted by molar-refractivity contribution is -0.156. The third-order valence-corrected chi connectivity index (χ3v) is 8.34. The van der Waals surface area contributed by atoms with Crippen LogP contribution in [0, 0.1) is 11.7 Å². The molecule has 11 nitrogen and oxygen atoms in total. The number of nitrogens with zero attached hydrogens (tertiary/aromatic N) is 4. The molecule has 1 saturated heterocycles. The lowest BCUT2D eigenvalue weighted by Crippen LogP contribution is -2.42. The highest BCUT2D eigenvalue weighted by molar-refractivity contribution is 6.04. The molecule has 1 aliphatic carbocycles. The van der Waals surface area contributed by atoms with Crippen molar-refractivity contribution >= 4 is 34.8 Å². The van der Waals surface area contributed by atoms with Gasteiger partial charge in [-0.15, -0.1) is 0 Å². The number of carbonyl (C=O) groups excluding carboxylic acids is 3. The monoisotopic (exact) mass is 636 g/mol. The second-order valence-electron chi connectivity index (χ2n) is 13.6. The Bertz CT molecular complexity index is 1530. The number of ether oxygens (including phenoxy) is 2. The van der Waals surface area contributed by atoms with Crippen LogP contribution in [0.5, 0.6) is 5.88 Å². The van der Waals surface area contributed by atoms with E-state index < -0.39 is 17.3 Å². The van der Waals surface area contributed by atoms with Gasteiger partial charge in [-0.3, -0.25) is 24.6 Å². The average molecular weight is 637 g/mol. The topological polar surface area (TPSA) is 128 Å². The molecule has 12 heteroatoms. The molecule has 2 aromatic heterocycles. The number of fused-ring (bicyclic) bond motifs is 1. The quantitative estimate of drug-likeness (QED) is 0.305. The van der Waals surface area contributed by atoms with E-state index in [4.69, 9.17) is 14.5 Å². The number of benzene rings is 1. The Labute approximate surface area is 269 Å². The standard InChI is InChI=1S/C34H45FN6O5/c1-21(2)37-31(43)23-8-12-25(13-9-23)41-28-18-29(45-26-14-16-40(17-15-26)20-30(42)46-34(3,4)5)36-19-27(28)38-33(41)39-32(44)22-6-10-24(35)11-7-22/h6-7,10-11,18-19,21,23,25-26H,8-9,12-17,20H2,1-5H3,(H,37,43)(H,38,39,44). The first-order valence-corrected chi connectivity index (χ1v) is 16.2. The summed E-state index contributed by atoms with van der Waals surface area (Å²) in [5.74, 6) is -0.213. The molecule has 0 unspecified atom stereocenters. The average Bonchev–Trinajstić information content (AvgIpc) is 3.34. The molecule has 2 amide bonds. The number of piperidine rings is 1. The van der Waals surface area contributed by atoms with Gasteiger partial charge in [0, 0.05) is 42.7 Å². The molecule has 1 saturated carbocycles. The minimum atomic E-state index is -0.513. The van der Waals surface area contributed by atoms with Gasteiger partial charge >= 0.3 is 5.97 Å². The first-order valence-electron chi connectivity index (χ1n) is 16.2. The number of likely N-dealkylation sites (tertiary alicyclic amines) is 1. The smallest absolute Gasteiger partial charge is 0.320 e. The predicted octanol–water partition coefficient (Wildman–Crippen LogP) is 5.26. The van der Waals surface area contributed by atoms with Gasteiger partial charge in [-0.2, -0.15) is 0 Å². The number of imidazole rings is 1. The lowest BCUT2D eigenvalue weighted by Gasteiger charge is -2.32. The summed E-state index contributed by atoms with van der Waals surface area (Å²) in [7, 11) is 0. The summed E-state index contributed by atoms with van der Waals surface area (Å²) < 4.78 is 27.3. The number of hydrogen-bond donors (Lipinski definition) is 2. The van der Waals surface area contributed by atoms with Crippen LogP contribution < -0.4 is 15.4 Å². The third kappa shape index (κ3) is 8.60. The van der Waals surface area contributed by atoms with Gasteiger partial charge in [-0.25, -0.2) is 14.4 Å². The molecule has 2 N–H and O–H groups in total. The van der Waals surface area contributed by atoms with Crippen LogP contribution in [-0.4, -0.2) is 74.6 Å². The molecule has 46 heavy (non-hydrogen) atoms. The fraction of sp³-hybridized carbons (Fsp3) is 0.559. The Balaban J connectivity index is 1.32. The summed E-state index contributed by atoms with van der Waals surface area (Å²) in [4.78, 5) is 49.5. The van der Waals surface area contributed by atoms with Crippen LogP contribution in [0.3, 0.4) is 0 Å². The maximum Gasteiger partial charge on any atom is 0.320 e. The summed E-state index contributed by atoms with van der Waals surface area (Å²) in [6.07, 6.45) is 5.95. The molecule has 0 bridgehead atoms. The van der Waals surface area contributed by atoms with Gasteiger partial charge in [-0.1, -0.05) is 0 Å². The number of esters is 1. The Hall–Kier alpha value is -4.06. The zero-order valence-electron chi connectivity index (χ0n) is 27.3. The maximum atomic E-state index is 13.5. The van der Waals surface area contributed by atoms with Crippen LogP contribution in [0.1, 0.15) is 89.5 Å². The van der Waals surface area contributed by atoms with Crippen molar-refractivity contribution < 1.29 is 28.2 Å². The Morgan fingerprint density at radius 3 is 2.33 bits per heavy atom. The van der Waals surface area contributed by atoms with E-state index in [9.17, 15) is 18.8 Å². The van der Waals surface area contributed by atoms with Gasteiger partial charge < -0.3 is 19.4 Å². The van der Waals surface area contributed by atoms with Gasteiger partial charge in [0.25, 0.3) is 5.91 Å². The lowest BCUT2D eigenvalue weighted by atomic mass is 9.85. The molecule has 248 valence electrons. The van der Waals surface area contributed by atoms with Gasteiger partial charge in [0.1, 0.15) is 23.0 Å². The normalized spacial score (nSPS) is 19.6. The predicted molar refractivity (Wildman–Crippen MR) is 172 cm³/mol. The first-order chi connectivity index (χ1) is 21.8. The van der Waals surface area contributed by atoms with Crippen LogP contribution in [-0.2, 0) is 14.3 Å². The number of carbonyl (C=O) groups is 3. The molecule has 0 atom stereocenters. The molecule has 1 aliphatic heterocycles. The molecule has 0 radical (unpaired) electrons. The Kier molecular flexibility index (Phi) is 10.2. The zero-order valence-corrected chi connectivity index (χ0v) is 27.3. The highest BCUT2D eigenvalue weighted by Gasteiger charge is 2.31. The minimum absolute atomic E-state index is 0.0111. The molecular formula is C34H45FN6O5. The molecule has 2 aliphatic rings. The fourth-order valence-corrected chi connectivity index (χ4v) is 6.19. The highest BCUT2D eigenvalue weighted by atomic mass is 19.1. The zero-order chi connectivity index (χ0) is 33.0. The molecular weight excluding hydrogens is 591 g/mol. The molecule has 1 aromatic carbocycles. The Morgan fingerprint density at radius 2 is 1.70 bits per heavy atom. The van der Waals surface area contributed by atoms with Crippen molar-refractivity contribution in [2.45, 2.75) is 96.9 Å². The van der Waals surface area contributed by atoms with Gasteiger partial charge in [0.15, 0.2) is 0 Å². The maximum absolute atomic E-state index is 13.5. The van der Waals surface area contributed by atoms with Crippen molar-refractivity contribution in [3.05, 3.63) is 47.9 Å². The van der Waals surface area contributed by atoms with E-state index in [1.807, 2.05) is 45.3 Å². The first kappa shape index (κ1) is 33.3. The molecule has 3 aromatic rings. The van der Waals surface area contributed by atoms with Crippen LogP contribution in [0.4, 0.5) is 10.3 Å². The van der Waals surface area contributed by atoms with E-state index >= 15 is 0 Å². The van der Waals surface area contributed by atoms with Crippen LogP contribution >= 0.6 is 0 Å². The van der Waals surface area contributed by atoms with Crippen molar-refractivity contribution in [3.63, 3.8) is 0 Å². The van der Waals surface area contributed by atoms with E-state index in [2.05, 4.69) is 20.5 Å². The largest absolute Gasteiger partial charge is 0.474 e. The van der Waals surface area contributed by atoms with Gasteiger partial charge in [-0.05, 0) is 97.4 Å². The molecule has 0 spiro atoms. The van der Waals surface area contributed by atoms with Crippen LogP contribution in [0.15, 0.2) is 36.5 Å². The fourth-order valence-electron chi connectivity index (χ4n) is 6.19. The van der Waals surface area contributed by atoms with Crippen LogP contribution in [0.25, 0.3) is 11.0 Å². The molecule has 5 rings (SSSR count). The van der Waals surface area contributed by atoms with E-state index in [0.29, 0.717) is 48.8 Å². The van der Waals surface area contributed by atoms with Crippen molar-refractivity contribution in [2.24, 2.45) is 5.92 Å². The number of aromatic nitrogens is 3. The minimum Gasteiger partial charge on any atom is -0.474 e. The van der Waals surface area contributed by atoms with Crippen molar-refractivity contribution in [1.82, 2.24) is 24.8 Å². The number of rotatable bonds is 9. The van der Waals surface area contributed by atoms with Gasteiger partial charge in [0.2, 0.25) is 17.7 Å². The number of anilines is 1.